The van der Waals surface area contributed by atoms with Crippen molar-refractivity contribution in [2.75, 3.05) is 0 Å². The van der Waals surface area contributed by atoms with Crippen LogP contribution in [-0.4, -0.2) is 9.38 Å². The second-order valence-corrected chi connectivity index (χ2v) is 5.09. The summed E-state index contributed by atoms with van der Waals surface area (Å²) in [6.45, 7) is 4.34. The highest BCUT2D eigenvalue weighted by molar-refractivity contribution is 6.13. The SMILES string of the molecule is Cc1ccc(C)c2c1c1ccccc1c1nccn12. The minimum Gasteiger partial charge on any atom is -0.299 e. The quantitative estimate of drug-likeness (QED) is 0.424. The Bertz CT molecular complexity index is 932. The molecule has 0 radical (unpaired) electrons. The van der Waals surface area contributed by atoms with Gasteiger partial charge >= 0.3 is 0 Å². The van der Waals surface area contributed by atoms with Gasteiger partial charge in [-0.2, -0.15) is 0 Å². The van der Waals surface area contributed by atoms with Crippen molar-refractivity contribution in [2.45, 2.75) is 13.8 Å². The van der Waals surface area contributed by atoms with Gasteiger partial charge in [-0.3, -0.25) is 4.40 Å². The van der Waals surface area contributed by atoms with Gasteiger partial charge in [-0.15, -0.1) is 0 Å². The zero-order valence-electron chi connectivity index (χ0n) is 11.0. The van der Waals surface area contributed by atoms with E-state index >= 15 is 0 Å². The number of hydrogen-bond donors (Lipinski definition) is 0. The highest BCUT2D eigenvalue weighted by Crippen LogP contribution is 2.32. The Hall–Kier alpha value is -2.35. The maximum absolute atomic E-state index is 4.53. The number of aromatic nitrogens is 2. The molecule has 2 heteroatoms. The van der Waals surface area contributed by atoms with Crippen LogP contribution in [0.4, 0.5) is 0 Å². The summed E-state index contributed by atoms with van der Waals surface area (Å²) in [4.78, 5) is 4.53. The molecular formula is C17H14N2. The van der Waals surface area contributed by atoms with Crippen molar-refractivity contribution in [3.8, 4) is 0 Å². The highest BCUT2D eigenvalue weighted by atomic mass is 15.0. The van der Waals surface area contributed by atoms with Crippen LogP contribution in [0, 0.1) is 13.8 Å². The molecule has 19 heavy (non-hydrogen) atoms. The lowest BCUT2D eigenvalue weighted by molar-refractivity contribution is 1.24. The number of benzene rings is 2. The highest BCUT2D eigenvalue weighted by Gasteiger charge is 2.11. The summed E-state index contributed by atoms with van der Waals surface area (Å²) in [5, 5.41) is 3.84. The number of fused-ring (bicyclic) bond motifs is 6. The number of pyridine rings is 1. The first-order valence-electron chi connectivity index (χ1n) is 6.51. The smallest absolute Gasteiger partial charge is 0.145 e. The number of rotatable bonds is 0. The first kappa shape index (κ1) is 10.6. The lowest BCUT2D eigenvalue weighted by Gasteiger charge is -2.12. The van der Waals surface area contributed by atoms with Crippen LogP contribution in [0.5, 0.6) is 0 Å². The first-order valence-corrected chi connectivity index (χ1v) is 6.51. The molecule has 0 saturated carbocycles. The monoisotopic (exact) mass is 246 g/mol. The molecule has 0 saturated heterocycles. The molecule has 2 aromatic carbocycles. The molecule has 0 amide bonds. The zero-order chi connectivity index (χ0) is 13.0. The van der Waals surface area contributed by atoms with Crippen molar-refractivity contribution in [3.05, 3.63) is 59.9 Å². The van der Waals surface area contributed by atoms with Gasteiger partial charge in [0.15, 0.2) is 0 Å². The van der Waals surface area contributed by atoms with Gasteiger partial charge in [0.25, 0.3) is 0 Å². The fourth-order valence-corrected chi connectivity index (χ4v) is 3.03. The lowest BCUT2D eigenvalue weighted by Crippen LogP contribution is -1.94. The van der Waals surface area contributed by atoms with Crippen LogP contribution in [-0.2, 0) is 0 Å². The van der Waals surface area contributed by atoms with Crippen molar-refractivity contribution < 1.29 is 0 Å². The molecule has 0 aliphatic heterocycles. The predicted molar refractivity (Wildman–Crippen MR) is 79.7 cm³/mol. The molecule has 0 spiro atoms. The number of nitrogens with zero attached hydrogens (tertiary/aromatic N) is 2. The Morgan fingerprint density at radius 3 is 2.47 bits per heavy atom. The zero-order valence-corrected chi connectivity index (χ0v) is 11.0. The molecule has 0 N–H and O–H groups in total. The van der Waals surface area contributed by atoms with E-state index in [0.29, 0.717) is 0 Å². The van der Waals surface area contributed by atoms with Gasteiger partial charge in [0.05, 0.1) is 5.52 Å². The van der Waals surface area contributed by atoms with Crippen LogP contribution in [0.2, 0.25) is 0 Å². The molecular weight excluding hydrogens is 232 g/mol. The average Bonchev–Trinajstić information content (AvgIpc) is 2.91. The Labute approximate surface area is 111 Å². The Morgan fingerprint density at radius 1 is 0.895 bits per heavy atom. The fourth-order valence-electron chi connectivity index (χ4n) is 3.03. The molecule has 0 aliphatic carbocycles. The average molecular weight is 246 g/mol. The van der Waals surface area contributed by atoms with Crippen molar-refractivity contribution in [2.24, 2.45) is 0 Å². The molecule has 2 aromatic heterocycles. The molecule has 92 valence electrons. The summed E-state index contributed by atoms with van der Waals surface area (Å²) < 4.78 is 2.21. The normalized spacial score (nSPS) is 11.7. The number of aryl methyl sites for hydroxylation is 2. The Kier molecular flexibility index (Phi) is 1.99. The number of hydrogen-bond acceptors (Lipinski definition) is 1. The van der Waals surface area contributed by atoms with E-state index < -0.39 is 0 Å². The van der Waals surface area contributed by atoms with E-state index in [1.807, 2.05) is 6.20 Å². The fraction of sp³-hybridized carbons (Fsp3) is 0.118. The van der Waals surface area contributed by atoms with Crippen molar-refractivity contribution in [3.63, 3.8) is 0 Å². The van der Waals surface area contributed by atoms with E-state index in [1.165, 1.54) is 32.8 Å². The van der Waals surface area contributed by atoms with Gasteiger partial charge in [0.2, 0.25) is 0 Å². The molecule has 0 atom stereocenters. The lowest BCUT2D eigenvalue weighted by atomic mass is 9.99. The molecule has 0 aliphatic rings. The molecule has 0 bridgehead atoms. The van der Waals surface area contributed by atoms with Crippen LogP contribution < -0.4 is 0 Å². The second kappa shape index (κ2) is 3.58. The third-order valence-corrected chi connectivity index (χ3v) is 3.91. The van der Waals surface area contributed by atoms with Crippen molar-refractivity contribution in [1.82, 2.24) is 9.38 Å². The van der Waals surface area contributed by atoms with Crippen molar-refractivity contribution in [1.29, 1.82) is 0 Å². The summed E-state index contributed by atoms with van der Waals surface area (Å²) in [6.07, 6.45) is 3.93. The van der Waals surface area contributed by atoms with Gasteiger partial charge < -0.3 is 0 Å². The maximum atomic E-state index is 4.53. The van der Waals surface area contributed by atoms with Crippen molar-refractivity contribution >= 4 is 27.3 Å². The van der Waals surface area contributed by atoms with E-state index in [9.17, 15) is 0 Å². The molecule has 2 heterocycles. The summed E-state index contributed by atoms with van der Waals surface area (Å²) >= 11 is 0. The minimum atomic E-state index is 1.04. The van der Waals surface area contributed by atoms with E-state index in [2.05, 4.69) is 65.8 Å². The molecule has 2 nitrogen and oxygen atoms in total. The van der Waals surface area contributed by atoms with Gasteiger partial charge in [-0.05, 0) is 30.4 Å². The standard InChI is InChI=1S/C17H14N2/c1-11-7-8-12(2)16-15(11)13-5-3-4-6-14(13)17-18-9-10-19(16)17/h3-10H,1-2H3. The van der Waals surface area contributed by atoms with Crippen LogP contribution in [0.15, 0.2) is 48.8 Å². The third-order valence-electron chi connectivity index (χ3n) is 3.91. The van der Waals surface area contributed by atoms with E-state index in [-0.39, 0.29) is 0 Å². The third kappa shape index (κ3) is 1.28. The summed E-state index contributed by atoms with van der Waals surface area (Å²) in [6, 6.07) is 12.9. The molecule has 0 fully saturated rings. The minimum absolute atomic E-state index is 1.04. The molecule has 4 rings (SSSR count). The first-order chi connectivity index (χ1) is 9.27. The second-order valence-electron chi connectivity index (χ2n) is 5.09. The van der Waals surface area contributed by atoms with E-state index in [4.69, 9.17) is 0 Å². The van der Waals surface area contributed by atoms with E-state index in [0.717, 1.165) is 5.65 Å². The number of imidazole rings is 1. The molecule has 4 aromatic rings. The molecule has 0 unspecified atom stereocenters. The largest absolute Gasteiger partial charge is 0.299 e. The summed E-state index contributed by atoms with van der Waals surface area (Å²) in [5.74, 6) is 0. The predicted octanol–water partition coefficient (Wildman–Crippen LogP) is 4.26. The topological polar surface area (TPSA) is 17.3 Å². The Morgan fingerprint density at radius 2 is 1.63 bits per heavy atom. The summed E-state index contributed by atoms with van der Waals surface area (Å²) in [7, 11) is 0. The Balaban J connectivity index is 2.50. The van der Waals surface area contributed by atoms with Crippen LogP contribution in [0.25, 0.3) is 27.3 Å². The van der Waals surface area contributed by atoms with Gasteiger partial charge in [-0.1, -0.05) is 36.4 Å². The van der Waals surface area contributed by atoms with Crippen LogP contribution in [0.3, 0.4) is 0 Å². The van der Waals surface area contributed by atoms with Gasteiger partial charge in [0.1, 0.15) is 5.65 Å². The maximum Gasteiger partial charge on any atom is 0.145 e. The van der Waals surface area contributed by atoms with Crippen LogP contribution in [0.1, 0.15) is 11.1 Å². The van der Waals surface area contributed by atoms with E-state index in [1.54, 1.807) is 0 Å². The van der Waals surface area contributed by atoms with Gasteiger partial charge in [0, 0.05) is 23.2 Å². The van der Waals surface area contributed by atoms with Gasteiger partial charge in [-0.25, -0.2) is 4.98 Å². The summed E-state index contributed by atoms with van der Waals surface area (Å²) in [5.41, 5.74) is 4.91. The van der Waals surface area contributed by atoms with Crippen LogP contribution >= 0.6 is 0 Å².